The number of hydrogen-bond donors (Lipinski definition) is 1. The topological polar surface area (TPSA) is 45.8 Å². The number of aryl methyl sites for hydroxylation is 1. The highest BCUT2D eigenvalue weighted by atomic mass is 32.1. The Morgan fingerprint density at radius 1 is 1.29 bits per heavy atom. The van der Waals surface area contributed by atoms with Crippen molar-refractivity contribution in [3.63, 3.8) is 0 Å². The normalized spacial score (nSPS) is 17.9. The number of nitrogens with one attached hydrogen (secondary N) is 1. The minimum atomic E-state index is 0.00547. The summed E-state index contributed by atoms with van der Waals surface area (Å²) in [6.45, 7) is 2.28. The van der Waals surface area contributed by atoms with Crippen LogP contribution in [0.1, 0.15) is 23.8 Å². The molecule has 1 N–H and O–H groups in total. The van der Waals surface area contributed by atoms with E-state index in [1.54, 1.807) is 11.3 Å². The number of benzene rings is 1. The van der Waals surface area contributed by atoms with Crippen molar-refractivity contribution in [1.82, 2.24) is 9.97 Å². The van der Waals surface area contributed by atoms with E-state index in [9.17, 15) is 4.79 Å². The summed E-state index contributed by atoms with van der Waals surface area (Å²) in [6, 6.07) is 9.83. The van der Waals surface area contributed by atoms with E-state index in [0.717, 1.165) is 28.6 Å². The zero-order valence-corrected chi connectivity index (χ0v) is 12.7. The van der Waals surface area contributed by atoms with Gasteiger partial charge in [0.2, 0.25) is 0 Å². The van der Waals surface area contributed by atoms with Crippen molar-refractivity contribution in [3.05, 3.63) is 51.1 Å². The fraction of sp³-hybridized carbons (Fsp3) is 0.294. The Hall–Kier alpha value is -1.94. The molecule has 1 atom stereocenters. The molecule has 2 aromatic heterocycles. The first kappa shape index (κ1) is 12.8. The molecule has 0 bridgehead atoms. The molecule has 0 unspecified atom stereocenters. The summed E-state index contributed by atoms with van der Waals surface area (Å²) >= 11 is 1.70. The SMILES string of the molecule is C[C@@H]1CCc2c(sc3nc(-c4ccccc4)[nH]c(=O)c23)C1. The van der Waals surface area contributed by atoms with Crippen LogP contribution in [0.2, 0.25) is 0 Å². The van der Waals surface area contributed by atoms with Crippen LogP contribution < -0.4 is 5.56 Å². The summed E-state index contributed by atoms with van der Waals surface area (Å²) in [5, 5.41) is 0.821. The van der Waals surface area contributed by atoms with Crippen LogP contribution in [0.25, 0.3) is 21.6 Å². The van der Waals surface area contributed by atoms with E-state index in [0.29, 0.717) is 11.7 Å². The first-order chi connectivity index (χ1) is 10.2. The van der Waals surface area contributed by atoms with Gasteiger partial charge in [0.1, 0.15) is 10.7 Å². The highest BCUT2D eigenvalue weighted by Crippen LogP contribution is 2.36. The molecule has 21 heavy (non-hydrogen) atoms. The molecule has 0 radical (unpaired) electrons. The Morgan fingerprint density at radius 3 is 2.90 bits per heavy atom. The maximum absolute atomic E-state index is 12.5. The molecule has 4 rings (SSSR count). The summed E-state index contributed by atoms with van der Waals surface area (Å²) in [7, 11) is 0. The molecule has 1 aromatic carbocycles. The number of fused-ring (bicyclic) bond motifs is 3. The van der Waals surface area contributed by atoms with E-state index >= 15 is 0 Å². The molecule has 106 valence electrons. The van der Waals surface area contributed by atoms with Crippen molar-refractivity contribution in [2.24, 2.45) is 5.92 Å². The molecular formula is C17H16N2OS. The zero-order valence-electron chi connectivity index (χ0n) is 11.8. The van der Waals surface area contributed by atoms with Gasteiger partial charge in [0.05, 0.1) is 5.39 Å². The van der Waals surface area contributed by atoms with Crippen molar-refractivity contribution in [3.8, 4) is 11.4 Å². The van der Waals surface area contributed by atoms with Gasteiger partial charge in [0, 0.05) is 10.4 Å². The molecule has 0 spiro atoms. The van der Waals surface area contributed by atoms with Crippen molar-refractivity contribution in [2.75, 3.05) is 0 Å². The van der Waals surface area contributed by atoms with E-state index in [1.807, 2.05) is 30.3 Å². The third-order valence-electron chi connectivity index (χ3n) is 4.21. The highest BCUT2D eigenvalue weighted by molar-refractivity contribution is 7.18. The summed E-state index contributed by atoms with van der Waals surface area (Å²) in [5.74, 6) is 1.37. The Balaban J connectivity index is 1.94. The van der Waals surface area contributed by atoms with Gasteiger partial charge in [-0.3, -0.25) is 4.79 Å². The molecule has 0 amide bonds. The van der Waals surface area contributed by atoms with E-state index in [1.165, 1.54) is 16.9 Å². The third-order valence-corrected chi connectivity index (χ3v) is 5.36. The number of nitrogens with zero attached hydrogens (tertiary/aromatic N) is 1. The number of rotatable bonds is 1. The van der Waals surface area contributed by atoms with Crippen LogP contribution in [0, 0.1) is 5.92 Å². The average Bonchev–Trinajstić information content (AvgIpc) is 2.85. The van der Waals surface area contributed by atoms with Crippen molar-refractivity contribution < 1.29 is 0 Å². The molecule has 0 aliphatic heterocycles. The van der Waals surface area contributed by atoms with Crippen LogP contribution in [-0.4, -0.2) is 9.97 Å². The molecular weight excluding hydrogens is 280 g/mol. The lowest BCUT2D eigenvalue weighted by molar-refractivity contribution is 0.509. The van der Waals surface area contributed by atoms with E-state index in [-0.39, 0.29) is 5.56 Å². The molecule has 1 aliphatic carbocycles. The molecule has 0 saturated heterocycles. The minimum Gasteiger partial charge on any atom is -0.306 e. The average molecular weight is 296 g/mol. The number of hydrogen-bond acceptors (Lipinski definition) is 3. The number of thiophene rings is 1. The Kier molecular flexibility index (Phi) is 2.93. The van der Waals surface area contributed by atoms with E-state index < -0.39 is 0 Å². The molecule has 1 aliphatic rings. The van der Waals surface area contributed by atoms with Crippen molar-refractivity contribution >= 4 is 21.6 Å². The predicted octanol–water partition coefficient (Wildman–Crippen LogP) is 3.78. The Morgan fingerprint density at radius 2 is 2.10 bits per heavy atom. The lowest BCUT2D eigenvalue weighted by Gasteiger charge is -2.17. The van der Waals surface area contributed by atoms with Crippen LogP contribution in [0.15, 0.2) is 35.1 Å². The fourth-order valence-corrected chi connectivity index (χ4v) is 4.47. The van der Waals surface area contributed by atoms with E-state index in [4.69, 9.17) is 4.98 Å². The quantitative estimate of drug-likeness (QED) is 0.743. The monoisotopic (exact) mass is 296 g/mol. The van der Waals surface area contributed by atoms with Gasteiger partial charge in [-0.1, -0.05) is 37.3 Å². The van der Waals surface area contributed by atoms with Crippen molar-refractivity contribution in [2.45, 2.75) is 26.2 Å². The van der Waals surface area contributed by atoms with Crippen LogP contribution in [0.3, 0.4) is 0 Å². The first-order valence-corrected chi connectivity index (χ1v) is 8.14. The van der Waals surface area contributed by atoms with Gasteiger partial charge in [0.25, 0.3) is 5.56 Å². The Labute approximate surface area is 126 Å². The van der Waals surface area contributed by atoms with Crippen LogP contribution in [0.4, 0.5) is 0 Å². The second-order valence-electron chi connectivity index (χ2n) is 5.81. The van der Waals surface area contributed by atoms with Gasteiger partial charge < -0.3 is 4.98 Å². The van der Waals surface area contributed by atoms with Gasteiger partial charge >= 0.3 is 0 Å². The van der Waals surface area contributed by atoms with Crippen LogP contribution in [-0.2, 0) is 12.8 Å². The second-order valence-corrected chi connectivity index (χ2v) is 6.90. The molecule has 4 heteroatoms. The van der Waals surface area contributed by atoms with Crippen molar-refractivity contribution in [1.29, 1.82) is 0 Å². The fourth-order valence-electron chi connectivity index (χ4n) is 3.08. The van der Waals surface area contributed by atoms with Gasteiger partial charge in [-0.05, 0) is 30.7 Å². The van der Waals surface area contributed by atoms with Gasteiger partial charge in [0.15, 0.2) is 0 Å². The number of aromatic nitrogens is 2. The molecule has 0 saturated carbocycles. The van der Waals surface area contributed by atoms with Gasteiger partial charge in [-0.25, -0.2) is 4.98 Å². The lowest BCUT2D eigenvalue weighted by Crippen LogP contribution is -2.13. The lowest BCUT2D eigenvalue weighted by atomic mass is 9.89. The summed E-state index contributed by atoms with van der Waals surface area (Å²) in [5.41, 5.74) is 2.20. The zero-order chi connectivity index (χ0) is 14.4. The molecule has 3 aromatic rings. The summed E-state index contributed by atoms with van der Waals surface area (Å²) in [4.78, 5) is 22.4. The van der Waals surface area contributed by atoms with Crippen LogP contribution >= 0.6 is 11.3 Å². The minimum absolute atomic E-state index is 0.00547. The predicted molar refractivity (Wildman–Crippen MR) is 86.9 cm³/mol. The summed E-state index contributed by atoms with van der Waals surface area (Å²) in [6.07, 6.45) is 3.25. The van der Waals surface area contributed by atoms with E-state index in [2.05, 4.69) is 11.9 Å². The maximum atomic E-state index is 12.5. The number of H-pyrrole nitrogens is 1. The maximum Gasteiger partial charge on any atom is 0.260 e. The van der Waals surface area contributed by atoms with Gasteiger partial charge in [-0.2, -0.15) is 0 Å². The smallest absolute Gasteiger partial charge is 0.260 e. The first-order valence-electron chi connectivity index (χ1n) is 7.32. The molecule has 3 nitrogen and oxygen atoms in total. The second kappa shape index (κ2) is 4.81. The largest absolute Gasteiger partial charge is 0.306 e. The van der Waals surface area contributed by atoms with Gasteiger partial charge in [-0.15, -0.1) is 11.3 Å². The summed E-state index contributed by atoms with van der Waals surface area (Å²) < 4.78 is 0. The van der Waals surface area contributed by atoms with Crippen LogP contribution in [0.5, 0.6) is 0 Å². The highest BCUT2D eigenvalue weighted by Gasteiger charge is 2.23. The number of aromatic amines is 1. The standard InChI is InChI=1S/C17H16N2OS/c1-10-7-8-12-13(9-10)21-17-14(12)16(20)18-15(19-17)11-5-3-2-4-6-11/h2-6,10H,7-9H2,1H3,(H,18,19,20)/t10-/m1/s1. The Bertz CT molecular complexity index is 864. The molecule has 2 heterocycles. The molecule has 0 fully saturated rings. The third kappa shape index (κ3) is 2.10.